The van der Waals surface area contributed by atoms with Gasteiger partial charge in [0.25, 0.3) is 0 Å². The number of aromatic nitrogens is 1. The Kier molecular flexibility index (Phi) is 6.74. The minimum absolute atomic E-state index is 0.0107. The molecule has 1 N–H and O–H groups in total. The Morgan fingerprint density at radius 2 is 1.79 bits per heavy atom. The topological polar surface area (TPSA) is 92.5 Å². The zero-order valence-corrected chi connectivity index (χ0v) is 18.1. The van der Waals surface area contributed by atoms with Crippen LogP contribution in [0, 0.1) is 19.8 Å². The van der Waals surface area contributed by atoms with Crippen molar-refractivity contribution in [3.05, 3.63) is 46.8 Å². The van der Waals surface area contributed by atoms with Crippen LogP contribution >= 0.6 is 0 Å². The third-order valence-electron chi connectivity index (χ3n) is 5.53. The van der Waals surface area contributed by atoms with Crippen LogP contribution in [0.25, 0.3) is 0 Å². The SMILES string of the molecule is CCc1ccc(CNC(=O)CC2CCN(S(=O)(=O)c3c(C)noc3C)CC2)cc1. The molecule has 2 heterocycles. The number of sulfonamides is 1. The zero-order chi connectivity index (χ0) is 21.0. The average Bonchev–Trinajstić information content (AvgIpc) is 3.06. The molecule has 0 spiro atoms. The van der Waals surface area contributed by atoms with E-state index >= 15 is 0 Å². The van der Waals surface area contributed by atoms with Crippen LogP contribution in [-0.4, -0.2) is 36.9 Å². The summed E-state index contributed by atoms with van der Waals surface area (Å²) in [7, 11) is -3.61. The van der Waals surface area contributed by atoms with Crippen molar-refractivity contribution in [1.82, 2.24) is 14.8 Å². The van der Waals surface area contributed by atoms with E-state index in [0.29, 0.717) is 50.4 Å². The molecular formula is C21H29N3O4S. The summed E-state index contributed by atoms with van der Waals surface area (Å²) in [5.74, 6) is 0.515. The summed E-state index contributed by atoms with van der Waals surface area (Å²) in [5, 5.41) is 6.72. The fourth-order valence-corrected chi connectivity index (χ4v) is 5.51. The summed E-state index contributed by atoms with van der Waals surface area (Å²) in [5.41, 5.74) is 2.74. The molecule has 1 aromatic heterocycles. The first-order valence-corrected chi connectivity index (χ1v) is 11.5. The van der Waals surface area contributed by atoms with Gasteiger partial charge < -0.3 is 9.84 Å². The molecule has 1 aromatic carbocycles. The molecule has 1 amide bonds. The molecule has 1 aliphatic rings. The lowest BCUT2D eigenvalue weighted by atomic mass is 9.94. The smallest absolute Gasteiger partial charge is 0.248 e. The van der Waals surface area contributed by atoms with E-state index in [1.165, 1.54) is 9.87 Å². The van der Waals surface area contributed by atoms with Crippen molar-refractivity contribution in [3.8, 4) is 0 Å². The zero-order valence-electron chi connectivity index (χ0n) is 17.3. The van der Waals surface area contributed by atoms with Crippen molar-refractivity contribution in [2.24, 2.45) is 5.92 Å². The first-order chi connectivity index (χ1) is 13.8. The minimum atomic E-state index is -3.61. The summed E-state index contributed by atoms with van der Waals surface area (Å²) in [6.45, 7) is 6.69. The van der Waals surface area contributed by atoms with Gasteiger partial charge in [-0.15, -0.1) is 0 Å². The lowest BCUT2D eigenvalue weighted by Gasteiger charge is -2.30. The summed E-state index contributed by atoms with van der Waals surface area (Å²) in [4.78, 5) is 12.5. The summed E-state index contributed by atoms with van der Waals surface area (Å²) in [6.07, 6.45) is 2.76. The highest BCUT2D eigenvalue weighted by atomic mass is 32.2. The predicted molar refractivity (Wildman–Crippen MR) is 110 cm³/mol. The molecule has 3 rings (SSSR count). The standard InChI is InChI=1S/C21H29N3O4S/c1-4-17-5-7-19(8-6-17)14-22-20(25)13-18-9-11-24(12-10-18)29(26,27)21-15(2)23-28-16(21)3/h5-8,18H,4,9-14H2,1-3H3,(H,22,25). The van der Waals surface area contributed by atoms with Gasteiger partial charge in [0.15, 0.2) is 5.76 Å². The lowest BCUT2D eigenvalue weighted by Crippen LogP contribution is -2.39. The molecule has 158 valence electrons. The molecule has 0 unspecified atom stereocenters. The monoisotopic (exact) mass is 419 g/mol. The van der Waals surface area contributed by atoms with Gasteiger partial charge in [-0.3, -0.25) is 4.79 Å². The number of nitrogens with one attached hydrogen (secondary N) is 1. The Hall–Kier alpha value is -2.19. The van der Waals surface area contributed by atoms with E-state index in [9.17, 15) is 13.2 Å². The molecule has 1 aliphatic heterocycles. The van der Waals surface area contributed by atoms with E-state index in [4.69, 9.17) is 4.52 Å². The van der Waals surface area contributed by atoms with Gasteiger partial charge >= 0.3 is 0 Å². The number of aryl methyl sites for hydroxylation is 3. The summed E-state index contributed by atoms with van der Waals surface area (Å²) < 4.78 is 32.2. The van der Waals surface area contributed by atoms with Crippen LogP contribution in [-0.2, 0) is 27.8 Å². The van der Waals surface area contributed by atoms with Gasteiger partial charge in [0.05, 0.1) is 0 Å². The number of rotatable bonds is 7. The quantitative estimate of drug-likeness (QED) is 0.745. The highest BCUT2D eigenvalue weighted by Gasteiger charge is 2.34. The van der Waals surface area contributed by atoms with E-state index in [2.05, 4.69) is 29.5 Å². The van der Waals surface area contributed by atoms with E-state index in [-0.39, 0.29) is 16.7 Å². The number of piperidine rings is 1. The number of carbonyl (C=O) groups is 1. The van der Waals surface area contributed by atoms with Gasteiger partial charge in [-0.2, -0.15) is 4.31 Å². The van der Waals surface area contributed by atoms with Crippen molar-refractivity contribution in [3.63, 3.8) is 0 Å². The summed E-state index contributed by atoms with van der Waals surface area (Å²) in [6, 6.07) is 8.24. The van der Waals surface area contributed by atoms with E-state index < -0.39 is 10.0 Å². The number of amides is 1. The largest absolute Gasteiger partial charge is 0.360 e. The van der Waals surface area contributed by atoms with Gasteiger partial charge in [-0.25, -0.2) is 8.42 Å². The van der Waals surface area contributed by atoms with Crippen molar-refractivity contribution < 1.29 is 17.7 Å². The fourth-order valence-electron chi connectivity index (χ4n) is 3.75. The average molecular weight is 420 g/mol. The van der Waals surface area contributed by atoms with Gasteiger partial charge in [-0.1, -0.05) is 36.3 Å². The van der Waals surface area contributed by atoms with Crippen molar-refractivity contribution >= 4 is 15.9 Å². The van der Waals surface area contributed by atoms with Gasteiger partial charge in [0, 0.05) is 26.1 Å². The van der Waals surface area contributed by atoms with Crippen LogP contribution < -0.4 is 5.32 Å². The first-order valence-electron chi connectivity index (χ1n) is 10.1. The van der Waals surface area contributed by atoms with Crippen LogP contribution in [0.15, 0.2) is 33.7 Å². The highest BCUT2D eigenvalue weighted by molar-refractivity contribution is 7.89. The number of hydrogen-bond acceptors (Lipinski definition) is 5. The second-order valence-corrected chi connectivity index (χ2v) is 9.53. The van der Waals surface area contributed by atoms with Crippen molar-refractivity contribution in [2.75, 3.05) is 13.1 Å². The normalized spacial score (nSPS) is 16.1. The minimum Gasteiger partial charge on any atom is -0.360 e. The second-order valence-electron chi connectivity index (χ2n) is 7.65. The van der Waals surface area contributed by atoms with Crippen LogP contribution in [0.3, 0.4) is 0 Å². The predicted octanol–water partition coefficient (Wildman–Crippen LogP) is 2.96. The maximum Gasteiger partial charge on any atom is 0.248 e. The molecule has 7 nitrogen and oxygen atoms in total. The third kappa shape index (κ3) is 5.05. The molecule has 2 aromatic rings. The first kappa shape index (κ1) is 21.5. The molecule has 0 atom stereocenters. The molecular weight excluding hydrogens is 390 g/mol. The summed E-state index contributed by atoms with van der Waals surface area (Å²) >= 11 is 0. The molecule has 29 heavy (non-hydrogen) atoms. The Bertz CT molecular complexity index is 923. The maximum absolute atomic E-state index is 12.9. The van der Waals surface area contributed by atoms with Gasteiger partial charge in [-0.05, 0) is 50.2 Å². The van der Waals surface area contributed by atoms with Crippen LogP contribution in [0.4, 0.5) is 0 Å². The Balaban J connectivity index is 1.48. The van der Waals surface area contributed by atoms with E-state index in [0.717, 1.165) is 12.0 Å². The molecule has 0 radical (unpaired) electrons. The fraction of sp³-hybridized carbons (Fsp3) is 0.524. The molecule has 0 bridgehead atoms. The number of benzene rings is 1. The second kappa shape index (κ2) is 9.09. The van der Waals surface area contributed by atoms with Crippen molar-refractivity contribution in [1.29, 1.82) is 0 Å². The highest BCUT2D eigenvalue weighted by Crippen LogP contribution is 2.28. The van der Waals surface area contributed by atoms with Crippen LogP contribution in [0.2, 0.25) is 0 Å². The molecule has 0 saturated carbocycles. The number of hydrogen-bond donors (Lipinski definition) is 1. The lowest BCUT2D eigenvalue weighted by molar-refractivity contribution is -0.122. The maximum atomic E-state index is 12.9. The molecule has 1 fully saturated rings. The Labute approximate surface area is 172 Å². The van der Waals surface area contributed by atoms with Gasteiger partial charge in [0.2, 0.25) is 15.9 Å². The number of nitrogens with zero attached hydrogens (tertiary/aromatic N) is 2. The Morgan fingerprint density at radius 1 is 1.17 bits per heavy atom. The molecule has 0 aliphatic carbocycles. The third-order valence-corrected chi connectivity index (χ3v) is 7.68. The molecule has 1 saturated heterocycles. The van der Waals surface area contributed by atoms with Crippen molar-refractivity contribution in [2.45, 2.75) is 57.9 Å². The van der Waals surface area contributed by atoms with Crippen LogP contribution in [0.1, 0.15) is 48.8 Å². The van der Waals surface area contributed by atoms with Crippen LogP contribution in [0.5, 0.6) is 0 Å². The van der Waals surface area contributed by atoms with Gasteiger partial charge in [0.1, 0.15) is 10.6 Å². The number of carbonyl (C=O) groups excluding carboxylic acids is 1. The Morgan fingerprint density at radius 3 is 2.34 bits per heavy atom. The van der Waals surface area contributed by atoms with E-state index in [1.807, 2.05) is 12.1 Å². The van der Waals surface area contributed by atoms with E-state index in [1.54, 1.807) is 13.8 Å². The molecule has 8 heteroatoms.